The van der Waals surface area contributed by atoms with Gasteiger partial charge in [-0.2, -0.15) is 5.10 Å². The highest BCUT2D eigenvalue weighted by atomic mass is 35.5. The summed E-state index contributed by atoms with van der Waals surface area (Å²) >= 11 is 7.24. The lowest BCUT2D eigenvalue weighted by Crippen LogP contribution is -2.16. The number of benzene rings is 2. The van der Waals surface area contributed by atoms with Crippen molar-refractivity contribution in [2.24, 2.45) is 5.10 Å². The summed E-state index contributed by atoms with van der Waals surface area (Å²) in [5.41, 5.74) is 2.59. The predicted molar refractivity (Wildman–Crippen MR) is 103 cm³/mol. The van der Waals surface area contributed by atoms with Gasteiger partial charge in [0.05, 0.1) is 23.3 Å². The lowest BCUT2D eigenvalue weighted by atomic mass is 10.2. The van der Waals surface area contributed by atoms with Crippen molar-refractivity contribution < 1.29 is 19.6 Å². The summed E-state index contributed by atoms with van der Waals surface area (Å²) in [6.07, 6.45) is 1.27. The van der Waals surface area contributed by atoms with Crippen molar-refractivity contribution in [2.45, 2.75) is 0 Å². The van der Waals surface area contributed by atoms with Gasteiger partial charge in [0, 0.05) is 27.8 Å². The first-order valence-corrected chi connectivity index (χ1v) is 8.67. The number of phenolic OH excluding ortho intramolecular Hbond substituents is 1. The molecule has 2 aromatic carbocycles. The summed E-state index contributed by atoms with van der Waals surface area (Å²) in [4.78, 5) is 22.9. The zero-order chi connectivity index (χ0) is 19.6. The third kappa shape index (κ3) is 3.69. The second-order valence-electron chi connectivity index (χ2n) is 5.28. The molecule has 8 nitrogen and oxygen atoms in total. The number of halogens is 1. The van der Waals surface area contributed by atoms with Crippen LogP contribution in [0.5, 0.6) is 11.5 Å². The molecular formula is C17H12ClN3O5S. The Morgan fingerprint density at radius 2 is 2.19 bits per heavy atom. The molecule has 0 bridgehead atoms. The molecule has 0 aliphatic rings. The van der Waals surface area contributed by atoms with Crippen LogP contribution < -0.4 is 10.2 Å². The van der Waals surface area contributed by atoms with Gasteiger partial charge in [-0.1, -0.05) is 17.7 Å². The van der Waals surface area contributed by atoms with Crippen LogP contribution in [0.25, 0.3) is 10.1 Å². The average Bonchev–Trinajstić information content (AvgIpc) is 2.99. The molecule has 2 N–H and O–H groups in total. The molecule has 3 rings (SSSR count). The molecule has 10 heteroatoms. The minimum Gasteiger partial charge on any atom is -0.504 e. The van der Waals surface area contributed by atoms with E-state index in [2.05, 4.69) is 10.5 Å². The Hall–Kier alpha value is -3.17. The van der Waals surface area contributed by atoms with Crippen LogP contribution in [-0.4, -0.2) is 29.3 Å². The van der Waals surface area contributed by atoms with E-state index in [9.17, 15) is 20.0 Å². The summed E-state index contributed by atoms with van der Waals surface area (Å²) in [6.45, 7) is 0. The first-order chi connectivity index (χ1) is 12.9. The maximum atomic E-state index is 12.3. The Kier molecular flexibility index (Phi) is 5.24. The molecule has 1 heterocycles. The molecule has 0 aliphatic carbocycles. The number of nitro benzene ring substituents is 1. The third-order valence-electron chi connectivity index (χ3n) is 3.65. The molecule has 0 spiro atoms. The monoisotopic (exact) mass is 405 g/mol. The number of fused-ring (bicyclic) bond motifs is 1. The fourth-order valence-electron chi connectivity index (χ4n) is 2.33. The number of nitro groups is 1. The lowest BCUT2D eigenvalue weighted by Gasteiger charge is -2.04. The second-order valence-corrected chi connectivity index (χ2v) is 6.71. The van der Waals surface area contributed by atoms with Gasteiger partial charge < -0.3 is 9.84 Å². The number of non-ortho nitro benzene ring substituents is 1. The molecule has 0 saturated heterocycles. The Balaban J connectivity index is 1.82. The molecule has 138 valence electrons. The Morgan fingerprint density at radius 3 is 2.89 bits per heavy atom. The number of hydrogen-bond donors (Lipinski definition) is 2. The number of hydrazone groups is 1. The smallest absolute Gasteiger partial charge is 0.283 e. The molecule has 1 amide bonds. The van der Waals surface area contributed by atoms with E-state index >= 15 is 0 Å². The molecule has 0 saturated carbocycles. The van der Waals surface area contributed by atoms with E-state index in [4.69, 9.17) is 16.3 Å². The highest BCUT2D eigenvalue weighted by Crippen LogP contribution is 2.37. The van der Waals surface area contributed by atoms with E-state index in [1.165, 1.54) is 31.5 Å². The van der Waals surface area contributed by atoms with E-state index in [1.54, 1.807) is 18.2 Å². The van der Waals surface area contributed by atoms with Gasteiger partial charge in [0.25, 0.3) is 11.6 Å². The number of para-hydroxylation sites is 1. The van der Waals surface area contributed by atoms with E-state index in [0.717, 1.165) is 11.3 Å². The van der Waals surface area contributed by atoms with Gasteiger partial charge in [-0.25, -0.2) is 5.43 Å². The van der Waals surface area contributed by atoms with Gasteiger partial charge in [0.2, 0.25) is 0 Å². The number of carbonyl (C=O) groups is 1. The zero-order valence-corrected chi connectivity index (χ0v) is 15.4. The van der Waals surface area contributed by atoms with E-state index in [-0.39, 0.29) is 27.1 Å². The molecule has 0 aliphatic heterocycles. The molecular weight excluding hydrogens is 394 g/mol. The van der Waals surface area contributed by atoms with Gasteiger partial charge in [0.1, 0.15) is 4.88 Å². The first-order valence-electron chi connectivity index (χ1n) is 7.48. The van der Waals surface area contributed by atoms with Gasteiger partial charge >= 0.3 is 0 Å². The SMILES string of the molecule is COc1cccc(C=NNC(=O)c2sc3cc([N+](=O)[O-])ccc3c2Cl)c1O. The van der Waals surface area contributed by atoms with E-state index < -0.39 is 10.8 Å². The van der Waals surface area contributed by atoms with Gasteiger partial charge in [0.15, 0.2) is 11.5 Å². The molecule has 0 unspecified atom stereocenters. The zero-order valence-electron chi connectivity index (χ0n) is 13.8. The fraction of sp³-hybridized carbons (Fsp3) is 0.0588. The minimum absolute atomic E-state index is 0.0844. The molecule has 1 aromatic heterocycles. The summed E-state index contributed by atoms with van der Waals surface area (Å²) < 4.78 is 5.52. The summed E-state index contributed by atoms with van der Waals surface area (Å²) in [6, 6.07) is 9.03. The van der Waals surface area contributed by atoms with Gasteiger partial charge in [-0.15, -0.1) is 11.3 Å². The third-order valence-corrected chi connectivity index (χ3v) is 5.31. The fourth-order valence-corrected chi connectivity index (χ4v) is 3.77. The molecule has 0 radical (unpaired) electrons. The highest BCUT2D eigenvalue weighted by Gasteiger charge is 2.19. The number of methoxy groups -OCH3 is 1. The highest BCUT2D eigenvalue weighted by molar-refractivity contribution is 7.21. The number of ether oxygens (including phenoxy) is 1. The van der Waals surface area contributed by atoms with Crippen LogP contribution in [0.15, 0.2) is 41.5 Å². The van der Waals surface area contributed by atoms with Crippen LogP contribution in [0.1, 0.15) is 15.2 Å². The summed E-state index contributed by atoms with van der Waals surface area (Å²) in [5, 5.41) is 25.4. The molecule has 3 aromatic rings. The second kappa shape index (κ2) is 7.60. The number of nitrogens with zero attached hydrogens (tertiary/aromatic N) is 2. The maximum Gasteiger partial charge on any atom is 0.283 e. The summed E-state index contributed by atoms with van der Waals surface area (Å²) in [7, 11) is 1.42. The molecule has 0 fully saturated rings. The predicted octanol–water partition coefficient (Wildman–Crippen LogP) is 3.94. The normalized spacial score (nSPS) is 11.0. The van der Waals surface area contributed by atoms with E-state index in [1.807, 2.05) is 0 Å². The van der Waals surface area contributed by atoms with Crippen LogP contribution in [0.4, 0.5) is 5.69 Å². The lowest BCUT2D eigenvalue weighted by molar-refractivity contribution is -0.384. The number of rotatable bonds is 5. The van der Waals surface area contributed by atoms with Crippen LogP contribution in [0.3, 0.4) is 0 Å². The van der Waals surface area contributed by atoms with Crippen molar-refractivity contribution in [3.63, 3.8) is 0 Å². The van der Waals surface area contributed by atoms with Gasteiger partial charge in [-0.3, -0.25) is 14.9 Å². The van der Waals surface area contributed by atoms with Crippen molar-refractivity contribution in [2.75, 3.05) is 7.11 Å². The number of hydrogen-bond acceptors (Lipinski definition) is 7. The number of nitrogens with one attached hydrogen (secondary N) is 1. The topological polar surface area (TPSA) is 114 Å². The Morgan fingerprint density at radius 1 is 1.41 bits per heavy atom. The Bertz CT molecular complexity index is 1080. The van der Waals surface area contributed by atoms with Crippen molar-refractivity contribution in [3.05, 3.63) is 62.0 Å². The summed E-state index contributed by atoms with van der Waals surface area (Å²) in [5.74, 6) is -0.396. The number of thiophene rings is 1. The van der Waals surface area contributed by atoms with Gasteiger partial charge in [-0.05, 0) is 18.2 Å². The number of amides is 1. The average molecular weight is 406 g/mol. The van der Waals surface area contributed by atoms with E-state index in [0.29, 0.717) is 15.6 Å². The van der Waals surface area contributed by atoms with Crippen LogP contribution >= 0.6 is 22.9 Å². The maximum absolute atomic E-state index is 12.3. The minimum atomic E-state index is -0.567. The van der Waals surface area contributed by atoms with Crippen molar-refractivity contribution in [3.8, 4) is 11.5 Å². The van der Waals surface area contributed by atoms with Crippen LogP contribution in [0.2, 0.25) is 5.02 Å². The van der Waals surface area contributed by atoms with Crippen molar-refractivity contribution in [1.29, 1.82) is 0 Å². The van der Waals surface area contributed by atoms with Crippen molar-refractivity contribution in [1.82, 2.24) is 5.43 Å². The van der Waals surface area contributed by atoms with Crippen LogP contribution in [-0.2, 0) is 0 Å². The Labute approximate surface area is 161 Å². The quantitative estimate of drug-likeness (QED) is 0.379. The molecule has 27 heavy (non-hydrogen) atoms. The number of aromatic hydroxyl groups is 1. The van der Waals surface area contributed by atoms with Crippen molar-refractivity contribution >= 4 is 50.8 Å². The molecule has 0 atom stereocenters. The number of carbonyl (C=O) groups excluding carboxylic acids is 1. The number of phenols is 1. The standard InChI is InChI=1S/C17H12ClN3O5S/c1-26-12-4-2-3-9(15(12)22)8-19-20-17(23)16-14(18)11-6-5-10(21(24)25)7-13(11)27-16/h2-8,22H,1H3,(H,20,23). The largest absolute Gasteiger partial charge is 0.504 e. The van der Waals surface area contributed by atoms with Crippen LogP contribution in [0, 0.1) is 10.1 Å². The first kappa shape index (κ1) is 18.6.